The van der Waals surface area contributed by atoms with Gasteiger partial charge in [0.1, 0.15) is 0 Å². The van der Waals surface area contributed by atoms with E-state index in [4.69, 9.17) is 5.73 Å². The second-order valence-electron chi connectivity index (χ2n) is 6.28. The van der Waals surface area contributed by atoms with Crippen LogP contribution < -0.4 is 11.1 Å². The van der Waals surface area contributed by atoms with E-state index < -0.39 is 0 Å². The number of hydrogen-bond acceptors (Lipinski definition) is 4. The SMILES string of the molecule is CC(C)CNc1sc(C(=O)C2CC2)c(N)c1C1CC1. The molecule has 0 aliphatic heterocycles. The molecule has 0 saturated heterocycles. The van der Waals surface area contributed by atoms with Gasteiger partial charge in [-0.2, -0.15) is 0 Å². The molecule has 1 heterocycles. The Labute approximate surface area is 118 Å². The Kier molecular flexibility index (Phi) is 3.29. The Morgan fingerprint density at radius 1 is 1.37 bits per heavy atom. The molecule has 0 spiro atoms. The monoisotopic (exact) mass is 278 g/mol. The molecule has 2 fully saturated rings. The van der Waals surface area contributed by atoms with Gasteiger partial charge in [-0.1, -0.05) is 13.8 Å². The van der Waals surface area contributed by atoms with E-state index in [1.165, 1.54) is 18.4 Å². The van der Waals surface area contributed by atoms with Crippen molar-refractivity contribution in [1.82, 2.24) is 0 Å². The van der Waals surface area contributed by atoms with Gasteiger partial charge in [-0.3, -0.25) is 4.79 Å². The number of nitrogen functional groups attached to an aromatic ring is 1. The average Bonchev–Trinajstić information content (AvgIpc) is 3.23. The van der Waals surface area contributed by atoms with Crippen molar-refractivity contribution in [3.05, 3.63) is 10.4 Å². The van der Waals surface area contributed by atoms with Crippen LogP contribution in [0.4, 0.5) is 10.7 Å². The number of ketones is 1. The quantitative estimate of drug-likeness (QED) is 0.777. The first kappa shape index (κ1) is 13.0. The minimum Gasteiger partial charge on any atom is -0.397 e. The van der Waals surface area contributed by atoms with Crippen LogP contribution in [0.5, 0.6) is 0 Å². The number of nitrogens with one attached hydrogen (secondary N) is 1. The molecule has 0 unspecified atom stereocenters. The third kappa shape index (κ3) is 2.64. The first-order valence-electron chi connectivity index (χ1n) is 7.28. The number of rotatable bonds is 6. The molecule has 3 rings (SSSR count). The maximum atomic E-state index is 12.3. The smallest absolute Gasteiger partial charge is 0.178 e. The summed E-state index contributed by atoms with van der Waals surface area (Å²) in [5, 5.41) is 4.65. The van der Waals surface area contributed by atoms with Crippen LogP contribution >= 0.6 is 11.3 Å². The molecule has 0 aromatic carbocycles. The third-order valence-corrected chi connectivity index (χ3v) is 5.01. The van der Waals surface area contributed by atoms with Crippen LogP contribution in [0.25, 0.3) is 0 Å². The van der Waals surface area contributed by atoms with Crippen LogP contribution in [0.3, 0.4) is 0 Å². The lowest BCUT2D eigenvalue weighted by molar-refractivity contribution is 0.0972. The van der Waals surface area contributed by atoms with E-state index in [-0.39, 0.29) is 11.7 Å². The fourth-order valence-corrected chi connectivity index (χ4v) is 3.61. The van der Waals surface area contributed by atoms with Gasteiger partial charge < -0.3 is 11.1 Å². The number of thiophene rings is 1. The summed E-state index contributed by atoms with van der Waals surface area (Å²) >= 11 is 1.59. The summed E-state index contributed by atoms with van der Waals surface area (Å²) in [6, 6.07) is 0. The van der Waals surface area contributed by atoms with Gasteiger partial charge in [-0.25, -0.2) is 0 Å². The zero-order valence-corrected chi connectivity index (χ0v) is 12.5. The lowest BCUT2D eigenvalue weighted by atomic mass is 10.1. The van der Waals surface area contributed by atoms with Crippen molar-refractivity contribution in [2.75, 3.05) is 17.6 Å². The van der Waals surface area contributed by atoms with Gasteiger partial charge in [0.25, 0.3) is 0 Å². The molecule has 3 nitrogen and oxygen atoms in total. The van der Waals surface area contributed by atoms with Crippen molar-refractivity contribution in [1.29, 1.82) is 0 Å². The summed E-state index contributed by atoms with van der Waals surface area (Å²) in [5.74, 6) is 1.72. The Bertz CT molecular complexity index is 498. The van der Waals surface area contributed by atoms with Gasteiger partial charge in [0.2, 0.25) is 0 Å². The molecule has 0 radical (unpaired) electrons. The Morgan fingerprint density at radius 3 is 2.58 bits per heavy atom. The van der Waals surface area contributed by atoms with Gasteiger partial charge >= 0.3 is 0 Å². The molecule has 2 aliphatic carbocycles. The number of carbonyl (C=O) groups excluding carboxylic acids is 1. The predicted molar refractivity (Wildman–Crippen MR) is 81.1 cm³/mol. The highest BCUT2D eigenvalue weighted by atomic mass is 32.1. The molecule has 2 saturated carbocycles. The van der Waals surface area contributed by atoms with Crippen molar-refractivity contribution in [2.45, 2.75) is 45.4 Å². The first-order valence-corrected chi connectivity index (χ1v) is 8.09. The molecule has 0 atom stereocenters. The summed E-state index contributed by atoms with van der Waals surface area (Å²) < 4.78 is 0. The highest BCUT2D eigenvalue weighted by molar-refractivity contribution is 7.18. The molecule has 0 bridgehead atoms. The standard InChI is InChI=1S/C15H22N2OS/c1-8(2)7-17-15-11(9-3-4-9)12(16)14(19-15)13(18)10-5-6-10/h8-10,17H,3-7,16H2,1-2H3. The van der Waals surface area contributed by atoms with Crippen LogP contribution in [0.15, 0.2) is 0 Å². The summed E-state index contributed by atoms with van der Waals surface area (Å²) in [5.41, 5.74) is 8.27. The molecule has 1 aromatic rings. The van der Waals surface area contributed by atoms with Crippen LogP contribution in [0.2, 0.25) is 0 Å². The van der Waals surface area contributed by atoms with E-state index in [1.54, 1.807) is 11.3 Å². The van der Waals surface area contributed by atoms with Crippen molar-refractivity contribution in [2.24, 2.45) is 11.8 Å². The molecule has 0 amide bonds. The number of anilines is 2. The molecule has 2 aliphatic rings. The average molecular weight is 278 g/mol. The summed E-state index contributed by atoms with van der Waals surface area (Å²) in [4.78, 5) is 13.1. The van der Waals surface area contributed by atoms with Crippen LogP contribution in [0, 0.1) is 11.8 Å². The Morgan fingerprint density at radius 2 is 2.05 bits per heavy atom. The number of hydrogen-bond donors (Lipinski definition) is 2. The minimum absolute atomic E-state index is 0.256. The van der Waals surface area contributed by atoms with Crippen LogP contribution in [0.1, 0.15) is 60.7 Å². The highest BCUT2D eigenvalue weighted by Crippen LogP contribution is 2.52. The number of Topliss-reactive ketones (excluding diaryl/α,β-unsaturated/α-hetero) is 1. The largest absolute Gasteiger partial charge is 0.397 e. The topological polar surface area (TPSA) is 55.1 Å². The van der Waals surface area contributed by atoms with Crippen molar-refractivity contribution in [3.8, 4) is 0 Å². The zero-order valence-electron chi connectivity index (χ0n) is 11.7. The molecule has 4 heteroatoms. The fourth-order valence-electron chi connectivity index (χ4n) is 2.38. The predicted octanol–water partition coefficient (Wildman–Crippen LogP) is 3.87. The van der Waals surface area contributed by atoms with E-state index in [0.717, 1.165) is 35.0 Å². The minimum atomic E-state index is 0.256. The van der Waals surface area contributed by atoms with Crippen LogP contribution in [-0.2, 0) is 0 Å². The molecule has 1 aromatic heterocycles. The van der Waals surface area contributed by atoms with E-state index >= 15 is 0 Å². The zero-order chi connectivity index (χ0) is 13.6. The molecular weight excluding hydrogens is 256 g/mol. The number of nitrogens with two attached hydrogens (primary N) is 1. The van der Waals surface area contributed by atoms with Gasteiger partial charge in [0.15, 0.2) is 5.78 Å². The second-order valence-corrected chi connectivity index (χ2v) is 7.30. The summed E-state index contributed by atoms with van der Waals surface area (Å²) in [6.45, 7) is 5.32. The van der Waals surface area contributed by atoms with Gasteiger partial charge in [0.05, 0.1) is 15.6 Å². The first-order chi connectivity index (χ1) is 9.08. The maximum absolute atomic E-state index is 12.3. The fraction of sp³-hybridized carbons (Fsp3) is 0.667. The highest BCUT2D eigenvalue weighted by Gasteiger charge is 2.37. The maximum Gasteiger partial charge on any atom is 0.178 e. The van der Waals surface area contributed by atoms with Crippen LogP contribution in [-0.4, -0.2) is 12.3 Å². The molecule has 3 N–H and O–H groups in total. The van der Waals surface area contributed by atoms with Gasteiger partial charge in [0, 0.05) is 18.0 Å². The van der Waals surface area contributed by atoms with Crippen molar-refractivity contribution < 1.29 is 4.79 Å². The van der Waals surface area contributed by atoms with Crippen molar-refractivity contribution in [3.63, 3.8) is 0 Å². The lowest BCUT2D eigenvalue weighted by Gasteiger charge is -2.09. The summed E-state index contributed by atoms with van der Waals surface area (Å²) in [6.07, 6.45) is 4.52. The van der Waals surface area contributed by atoms with Crippen molar-refractivity contribution >= 4 is 27.8 Å². The number of carbonyl (C=O) groups is 1. The van der Waals surface area contributed by atoms with E-state index in [0.29, 0.717) is 11.8 Å². The second kappa shape index (κ2) is 4.82. The Hall–Kier alpha value is -1.03. The molecular formula is C15H22N2OS. The molecule has 104 valence electrons. The lowest BCUT2D eigenvalue weighted by Crippen LogP contribution is -2.08. The summed E-state index contributed by atoms with van der Waals surface area (Å²) in [7, 11) is 0. The van der Waals surface area contributed by atoms with E-state index in [2.05, 4.69) is 19.2 Å². The molecule has 19 heavy (non-hydrogen) atoms. The Balaban J connectivity index is 1.88. The van der Waals surface area contributed by atoms with Gasteiger partial charge in [-0.05, 0) is 37.5 Å². The van der Waals surface area contributed by atoms with Gasteiger partial charge in [-0.15, -0.1) is 11.3 Å². The van der Waals surface area contributed by atoms with E-state index in [9.17, 15) is 4.79 Å². The third-order valence-electron chi connectivity index (χ3n) is 3.81. The normalized spacial score (nSPS) is 18.9. The van der Waals surface area contributed by atoms with E-state index in [1.807, 2.05) is 0 Å².